The zero-order valence-corrected chi connectivity index (χ0v) is 35.1. The van der Waals surface area contributed by atoms with Gasteiger partial charge in [-0.3, -0.25) is 0 Å². The number of aliphatic hydroxyl groups is 4. The molecule has 0 amide bonds. The van der Waals surface area contributed by atoms with E-state index in [9.17, 15) is 20.4 Å². The van der Waals surface area contributed by atoms with E-state index in [4.69, 9.17) is 0 Å². The molecule has 0 spiro atoms. The molecule has 4 N–H and O–H groups in total. The van der Waals surface area contributed by atoms with Crippen molar-refractivity contribution >= 4 is 0 Å². The Bertz CT molecular complexity index is 1130. The van der Waals surface area contributed by atoms with Gasteiger partial charge in [0, 0.05) is 0 Å². The summed E-state index contributed by atoms with van der Waals surface area (Å²) in [6.07, 6.45) is 37.4. The first-order valence-electron chi connectivity index (χ1n) is 24.2. The van der Waals surface area contributed by atoms with Gasteiger partial charge >= 0.3 is 0 Å². The fraction of sp³-hybridized carbons (Fsp3) is 0.846. The molecule has 16 aliphatic carbocycles. The van der Waals surface area contributed by atoms with E-state index in [1.165, 1.54) is 128 Å². The highest BCUT2D eigenvalue weighted by Gasteiger charge is 2.59. The third-order valence-corrected chi connectivity index (χ3v) is 20.1. The quantitative estimate of drug-likeness (QED) is 0.185. The molecule has 0 saturated heterocycles. The van der Waals surface area contributed by atoms with Crippen LogP contribution in [0.25, 0.3) is 0 Å². The monoisotopic (exact) mass is 769 g/mol. The average molecular weight is 769 g/mol. The first kappa shape index (κ1) is 40.2. The van der Waals surface area contributed by atoms with Crippen LogP contribution in [-0.4, -0.2) is 42.8 Å². The number of hydrogen-bond acceptors (Lipinski definition) is 4. The van der Waals surface area contributed by atoms with E-state index < -0.39 is 0 Å². The second-order valence-corrected chi connectivity index (χ2v) is 23.2. The van der Waals surface area contributed by atoms with E-state index >= 15 is 0 Å². The molecule has 16 bridgehead atoms. The predicted molar refractivity (Wildman–Crippen MR) is 227 cm³/mol. The van der Waals surface area contributed by atoms with Gasteiger partial charge in [0.05, 0.1) is 22.4 Å². The van der Waals surface area contributed by atoms with Crippen LogP contribution in [0.4, 0.5) is 0 Å². The predicted octanol–water partition coefficient (Wildman–Crippen LogP) is 11.0. The Morgan fingerprint density at radius 1 is 0.268 bits per heavy atom. The second kappa shape index (κ2) is 15.4. The van der Waals surface area contributed by atoms with Crippen LogP contribution in [-0.2, 0) is 0 Å². The molecule has 0 aromatic carbocycles. The van der Waals surface area contributed by atoms with Crippen molar-refractivity contribution in [1.82, 2.24) is 0 Å². The summed E-state index contributed by atoms with van der Waals surface area (Å²) in [6.45, 7) is 15.2. The van der Waals surface area contributed by atoms with Crippen LogP contribution < -0.4 is 0 Å². The standard InChI is InChI=1S/4C13H20O/c4*1-2-3-13(14)11-5-9-4-10(7-11)8-12(13)6-9/h4*2,9-12,14H,1,3-8H2. The third-order valence-electron chi connectivity index (χ3n) is 20.1. The molecule has 312 valence electrons. The van der Waals surface area contributed by atoms with Crippen molar-refractivity contribution < 1.29 is 20.4 Å². The van der Waals surface area contributed by atoms with Gasteiger partial charge in [-0.2, -0.15) is 0 Å². The maximum Gasteiger partial charge on any atom is 0.0738 e. The van der Waals surface area contributed by atoms with Crippen molar-refractivity contribution in [3.05, 3.63) is 50.6 Å². The lowest BCUT2D eigenvalue weighted by Gasteiger charge is -2.58. The van der Waals surface area contributed by atoms with Crippen LogP contribution in [0.5, 0.6) is 0 Å². The Kier molecular flexibility index (Phi) is 11.0. The molecule has 16 rings (SSSR count). The summed E-state index contributed by atoms with van der Waals surface area (Å²) < 4.78 is 0. The van der Waals surface area contributed by atoms with Crippen molar-refractivity contribution in [1.29, 1.82) is 0 Å². The molecule has 16 fully saturated rings. The molecule has 0 unspecified atom stereocenters. The van der Waals surface area contributed by atoms with Crippen molar-refractivity contribution in [3.63, 3.8) is 0 Å². The number of hydrogen-bond donors (Lipinski definition) is 4. The molecule has 16 saturated carbocycles. The van der Waals surface area contributed by atoms with Gasteiger partial charge in [0.1, 0.15) is 0 Å². The van der Waals surface area contributed by atoms with Crippen LogP contribution in [0.3, 0.4) is 0 Å². The normalized spacial score (nSPS) is 54.9. The maximum absolute atomic E-state index is 10.7. The topological polar surface area (TPSA) is 80.9 Å². The van der Waals surface area contributed by atoms with E-state index in [-0.39, 0.29) is 22.4 Å². The van der Waals surface area contributed by atoms with E-state index in [0.717, 1.165) is 73.0 Å². The Morgan fingerprint density at radius 2 is 0.393 bits per heavy atom. The van der Waals surface area contributed by atoms with Crippen molar-refractivity contribution in [2.75, 3.05) is 0 Å². The highest BCUT2D eigenvalue weighted by Crippen LogP contribution is 2.62. The highest BCUT2D eigenvalue weighted by molar-refractivity contribution is 5.12. The lowest BCUT2D eigenvalue weighted by atomic mass is 9.49. The molecule has 0 heterocycles. The lowest BCUT2D eigenvalue weighted by Crippen LogP contribution is -2.57. The van der Waals surface area contributed by atoms with E-state index in [2.05, 4.69) is 26.3 Å². The zero-order valence-electron chi connectivity index (χ0n) is 35.1. The van der Waals surface area contributed by atoms with Crippen molar-refractivity contribution in [2.24, 2.45) is 94.7 Å². The minimum atomic E-state index is -0.366. The molecular weight excluding hydrogens is 689 g/mol. The molecule has 4 heteroatoms. The summed E-state index contributed by atoms with van der Waals surface area (Å²) in [7, 11) is 0. The van der Waals surface area contributed by atoms with Crippen molar-refractivity contribution in [2.45, 2.75) is 177 Å². The molecular formula is C52H80O4. The second-order valence-electron chi connectivity index (χ2n) is 23.2. The van der Waals surface area contributed by atoms with Crippen LogP contribution >= 0.6 is 0 Å². The maximum atomic E-state index is 10.7. The van der Waals surface area contributed by atoms with Gasteiger partial charge in [-0.1, -0.05) is 24.3 Å². The molecule has 0 radical (unpaired) electrons. The Labute approximate surface area is 341 Å². The molecule has 0 aromatic heterocycles. The first-order valence-corrected chi connectivity index (χ1v) is 24.2. The van der Waals surface area contributed by atoms with E-state index in [1.807, 2.05) is 24.3 Å². The Hall–Kier alpha value is -1.20. The van der Waals surface area contributed by atoms with E-state index in [1.54, 1.807) is 0 Å². The number of rotatable bonds is 8. The summed E-state index contributed by atoms with van der Waals surface area (Å²) >= 11 is 0. The van der Waals surface area contributed by atoms with Crippen LogP contribution in [0.15, 0.2) is 50.6 Å². The molecule has 0 aromatic rings. The zero-order chi connectivity index (χ0) is 39.0. The third kappa shape index (κ3) is 6.95. The van der Waals surface area contributed by atoms with Crippen LogP contribution in [0, 0.1) is 94.7 Å². The van der Waals surface area contributed by atoms with Gasteiger partial charge in [-0.25, -0.2) is 0 Å². The minimum Gasteiger partial charge on any atom is -0.389 e. The summed E-state index contributed by atoms with van der Waals surface area (Å²) in [4.78, 5) is 0. The van der Waals surface area contributed by atoms with Crippen LogP contribution in [0.2, 0.25) is 0 Å². The van der Waals surface area contributed by atoms with Crippen LogP contribution in [0.1, 0.15) is 154 Å². The van der Waals surface area contributed by atoms with Gasteiger partial charge in [-0.15, -0.1) is 26.3 Å². The molecule has 56 heavy (non-hydrogen) atoms. The molecule has 4 nitrogen and oxygen atoms in total. The molecule has 16 aliphatic rings. The summed E-state index contributed by atoms with van der Waals surface area (Å²) in [5.41, 5.74) is -1.46. The molecule has 0 atom stereocenters. The Morgan fingerprint density at radius 3 is 0.500 bits per heavy atom. The smallest absolute Gasteiger partial charge is 0.0738 e. The lowest BCUT2D eigenvalue weighted by molar-refractivity contribution is -0.170. The summed E-state index contributed by atoms with van der Waals surface area (Å²) in [6, 6.07) is 0. The average Bonchev–Trinajstić information content (AvgIpc) is 3.15. The minimum absolute atomic E-state index is 0.366. The van der Waals surface area contributed by atoms with Gasteiger partial charge in [-0.05, 0) is 249 Å². The summed E-state index contributed by atoms with van der Waals surface area (Å²) in [5, 5.41) is 42.9. The van der Waals surface area contributed by atoms with Crippen molar-refractivity contribution in [3.8, 4) is 0 Å². The fourth-order valence-electron chi connectivity index (χ4n) is 18.3. The van der Waals surface area contributed by atoms with E-state index in [0.29, 0.717) is 47.3 Å². The SMILES string of the molecule is C=CCC1(O)C2CC3CC(C2)CC1C3.C=CCC1(O)C2CC3CC(C2)CC1C3.C=CCC1(O)C2CC3CC(C2)CC1C3.C=CCC1(O)C2CC3CC(C2)CC1C3. The fourth-order valence-corrected chi connectivity index (χ4v) is 18.3. The molecule has 0 aliphatic heterocycles. The first-order chi connectivity index (χ1) is 26.9. The highest BCUT2D eigenvalue weighted by atomic mass is 16.3. The Balaban J connectivity index is 0.0000000975. The summed E-state index contributed by atoms with van der Waals surface area (Å²) in [5.74, 6) is 12.3. The van der Waals surface area contributed by atoms with Gasteiger partial charge in [0.25, 0.3) is 0 Å². The van der Waals surface area contributed by atoms with Gasteiger partial charge < -0.3 is 20.4 Å². The largest absolute Gasteiger partial charge is 0.389 e. The van der Waals surface area contributed by atoms with Gasteiger partial charge in [0.2, 0.25) is 0 Å². The van der Waals surface area contributed by atoms with Gasteiger partial charge in [0.15, 0.2) is 0 Å².